The first kappa shape index (κ1) is 53.7. The van der Waals surface area contributed by atoms with Crippen LogP contribution in [0.25, 0.3) is 10.9 Å². The molecule has 7 atom stereocenters. The van der Waals surface area contributed by atoms with E-state index in [4.69, 9.17) is 9.47 Å². The summed E-state index contributed by atoms with van der Waals surface area (Å²) >= 11 is 1.33. The molecule has 6 rings (SSSR count). The minimum absolute atomic E-state index is 0.0154. The first-order valence-electron chi connectivity index (χ1n) is 22.3. The number of sulfonamides is 1. The van der Waals surface area contributed by atoms with Gasteiger partial charge in [0.2, 0.25) is 34.0 Å². The van der Waals surface area contributed by atoms with Crippen molar-refractivity contribution in [3.05, 3.63) is 135 Å². The number of phenols is 1. The number of carbonyl (C=O) groups is 5. The molecule has 5 amide bonds. The summed E-state index contributed by atoms with van der Waals surface area (Å²) in [5.41, 5.74) is 0.168. The van der Waals surface area contributed by atoms with Gasteiger partial charge in [-0.1, -0.05) is 30.3 Å². The molecule has 384 valence electrons. The largest absolute Gasteiger partial charge is 0.508 e. The van der Waals surface area contributed by atoms with Crippen LogP contribution < -0.4 is 42.0 Å². The highest BCUT2D eigenvalue weighted by Gasteiger charge is 2.38. The number of amides is 5. The molecule has 3 aromatic carbocycles. The van der Waals surface area contributed by atoms with E-state index in [2.05, 4.69) is 36.0 Å². The number of urea groups is 1. The van der Waals surface area contributed by atoms with Crippen LogP contribution in [0.4, 0.5) is 4.79 Å². The zero-order valence-electron chi connectivity index (χ0n) is 39.4. The number of carboxylic acids is 1. The molecule has 10 N–H and O–H groups in total. The number of carbonyl (C=O) groups excluding carboxylic acids is 4. The van der Waals surface area contributed by atoms with Gasteiger partial charge in [-0.15, -0.1) is 0 Å². The summed E-state index contributed by atoms with van der Waals surface area (Å²) < 4.78 is 41.9. The van der Waals surface area contributed by atoms with E-state index in [1.165, 1.54) is 75.3 Å². The Hall–Kier alpha value is -7.61. The molecule has 5 aromatic rings. The van der Waals surface area contributed by atoms with Crippen LogP contribution in [0.3, 0.4) is 0 Å². The minimum Gasteiger partial charge on any atom is -0.508 e. The van der Waals surface area contributed by atoms with Crippen molar-refractivity contribution >= 4 is 62.4 Å². The number of ether oxygens (including phenoxy) is 2. The van der Waals surface area contributed by atoms with E-state index in [1.54, 1.807) is 30.7 Å². The standard InChI is InChI=1S/C47H55N9O14S2/c1-26(55(2)43(62)36(21-27-8-7-9-29(57)20-27)54-72(67,68)32-14-12-30(69-3)13-15-32)40(42(61)49-25-31-23-38(58)44(70-31)56-18-16-39(59)52-47(56)66)53-41(60)35(17-19-71-4)50-46(65)51-37(45(63)64)22-28-24-48-34-11-6-5-10-33(28)34/h5-16,18,20,24-26,35-38,40,44,48,54,57-58H,17,19,21-23H2,1-4H3,(H,49,61)(H,53,60)(H,63,64)(H2,50,51,65)(H,52,59,66)/b31-25+/t26?,35?,36?,37?,38-,40?,44-/m0/s1. The molecule has 1 saturated heterocycles. The number of methoxy groups -OCH3 is 1. The number of nitrogens with one attached hydrogen (secondary N) is 7. The van der Waals surface area contributed by atoms with E-state index >= 15 is 0 Å². The number of aromatic nitrogens is 3. The Labute approximate surface area is 416 Å². The number of benzene rings is 3. The Bertz CT molecular complexity index is 3030. The van der Waals surface area contributed by atoms with Crippen molar-refractivity contribution in [2.24, 2.45) is 0 Å². The van der Waals surface area contributed by atoms with Gasteiger partial charge in [-0.25, -0.2) is 22.8 Å². The highest BCUT2D eigenvalue weighted by Crippen LogP contribution is 2.30. The van der Waals surface area contributed by atoms with Gasteiger partial charge in [0.1, 0.15) is 47.5 Å². The zero-order valence-corrected chi connectivity index (χ0v) is 41.0. The lowest BCUT2D eigenvalue weighted by Gasteiger charge is -2.34. The Morgan fingerprint density at radius 2 is 1.68 bits per heavy atom. The van der Waals surface area contributed by atoms with E-state index in [9.17, 15) is 57.3 Å². The number of rotatable bonds is 22. The third kappa shape index (κ3) is 13.6. The number of carboxylic acid groups (broad SMARTS) is 1. The monoisotopic (exact) mass is 1030 g/mol. The fraction of sp³-hybridized carbons (Fsp3) is 0.340. The summed E-state index contributed by atoms with van der Waals surface area (Å²) in [6, 6.07) is 11.0. The van der Waals surface area contributed by atoms with Crippen molar-refractivity contribution in [2.75, 3.05) is 26.2 Å². The quantitative estimate of drug-likeness (QED) is 0.0463. The lowest BCUT2D eigenvalue weighted by molar-refractivity contribution is -0.139. The number of phenolic OH excluding ortho intramolecular Hbond substituents is 1. The van der Waals surface area contributed by atoms with Crippen LogP contribution in [0.1, 0.15) is 37.1 Å². The van der Waals surface area contributed by atoms with E-state index < -0.39 is 93.5 Å². The number of H-pyrrole nitrogens is 2. The second-order valence-electron chi connectivity index (χ2n) is 16.7. The van der Waals surface area contributed by atoms with Crippen LogP contribution in [0.2, 0.25) is 0 Å². The topological polar surface area (TPSA) is 333 Å². The third-order valence-corrected chi connectivity index (χ3v) is 13.9. The van der Waals surface area contributed by atoms with Crippen molar-refractivity contribution < 1.29 is 57.2 Å². The molecule has 0 radical (unpaired) electrons. The SMILES string of the molecule is COc1ccc(S(=O)(=O)NC(Cc2cccc(O)c2)C(=O)N(C)C(C)C(NC(=O)C(CCSC)NC(=O)NC(Cc2c[nH]c3ccccc23)C(=O)O)C(=O)N/C=C2\C[C@H](O)[C@@H](n3ccc(=O)[nH]c3=O)O2)cc1. The van der Waals surface area contributed by atoms with Gasteiger partial charge >= 0.3 is 17.7 Å². The van der Waals surface area contributed by atoms with Gasteiger partial charge in [0, 0.05) is 55.5 Å². The number of aliphatic hydroxyl groups excluding tert-OH is 1. The maximum Gasteiger partial charge on any atom is 0.331 e. The minimum atomic E-state index is -4.43. The zero-order chi connectivity index (χ0) is 52.3. The third-order valence-electron chi connectivity index (χ3n) is 11.8. The summed E-state index contributed by atoms with van der Waals surface area (Å²) in [5.74, 6) is -3.64. The van der Waals surface area contributed by atoms with Gasteiger partial charge < -0.3 is 55.9 Å². The van der Waals surface area contributed by atoms with Crippen LogP contribution in [0.15, 0.2) is 118 Å². The molecule has 1 fully saturated rings. The van der Waals surface area contributed by atoms with E-state index in [0.29, 0.717) is 22.6 Å². The number of hydrogen-bond donors (Lipinski definition) is 10. The molecule has 5 unspecified atom stereocenters. The Morgan fingerprint density at radius 3 is 2.36 bits per heavy atom. The number of thioether (sulfide) groups is 1. The van der Waals surface area contributed by atoms with Gasteiger partial charge in [-0.2, -0.15) is 16.5 Å². The Kier molecular flexibility index (Phi) is 17.9. The van der Waals surface area contributed by atoms with Gasteiger partial charge in [0.05, 0.1) is 18.0 Å². The van der Waals surface area contributed by atoms with Crippen molar-refractivity contribution in [3.63, 3.8) is 0 Å². The van der Waals surface area contributed by atoms with E-state index in [1.807, 2.05) is 12.1 Å². The summed E-state index contributed by atoms with van der Waals surface area (Å²) in [5, 5.41) is 42.0. The molecule has 0 spiro atoms. The van der Waals surface area contributed by atoms with Crippen LogP contribution in [0, 0.1) is 0 Å². The number of aromatic hydroxyl groups is 1. The maximum atomic E-state index is 14.6. The normalized spacial score (nSPS) is 17.2. The highest BCUT2D eigenvalue weighted by molar-refractivity contribution is 7.98. The first-order valence-corrected chi connectivity index (χ1v) is 25.2. The lowest BCUT2D eigenvalue weighted by Crippen LogP contribution is -2.62. The maximum absolute atomic E-state index is 14.6. The fourth-order valence-corrected chi connectivity index (χ4v) is 9.47. The smallest absolute Gasteiger partial charge is 0.331 e. The number of para-hydroxylation sites is 1. The van der Waals surface area contributed by atoms with E-state index in [0.717, 1.165) is 38.8 Å². The van der Waals surface area contributed by atoms with Crippen LogP contribution >= 0.6 is 11.8 Å². The summed E-state index contributed by atoms with van der Waals surface area (Å²) in [6.45, 7) is 1.40. The average molecular weight is 1030 g/mol. The van der Waals surface area contributed by atoms with Gasteiger partial charge in [0.15, 0.2) is 0 Å². The first-order chi connectivity index (χ1) is 34.3. The summed E-state index contributed by atoms with van der Waals surface area (Å²) in [6.07, 6.45) is 2.30. The van der Waals surface area contributed by atoms with Gasteiger partial charge in [0.25, 0.3) is 5.56 Å². The van der Waals surface area contributed by atoms with Gasteiger partial charge in [-0.05, 0) is 85.4 Å². The predicted molar refractivity (Wildman–Crippen MR) is 263 cm³/mol. The molecule has 72 heavy (non-hydrogen) atoms. The molecule has 0 bridgehead atoms. The lowest BCUT2D eigenvalue weighted by atomic mass is 10.0. The molecule has 0 saturated carbocycles. The molecule has 0 aliphatic carbocycles. The van der Waals surface area contributed by atoms with Crippen molar-refractivity contribution in [1.82, 2.24) is 45.4 Å². The van der Waals surface area contributed by atoms with Crippen LogP contribution in [-0.2, 0) is 46.8 Å². The molecule has 2 aromatic heterocycles. The molecule has 25 heteroatoms. The highest BCUT2D eigenvalue weighted by atomic mass is 32.2. The Balaban J connectivity index is 1.27. The number of hydrogen-bond acceptors (Lipinski definition) is 14. The predicted octanol–water partition coefficient (Wildman–Crippen LogP) is 1.01. The summed E-state index contributed by atoms with van der Waals surface area (Å²) in [4.78, 5) is 99.4. The number of fused-ring (bicyclic) bond motifs is 1. The van der Waals surface area contributed by atoms with Crippen molar-refractivity contribution in [2.45, 2.75) is 80.0 Å². The van der Waals surface area contributed by atoms with Crippen molar-refractivity contribution in [1.29, 1.82) is 0 Å². The van der Waals surface area contributed by atoms with Crippen LogP contribution in [-0.4, -0.2) is 135 Å². The molecule has 23 nitrogen and oxygen atoms in total. The van der Waals surface area contributed by atoms with Crippen molar-refractivity contribution in [3.8, 4) is 11.5 Å². The molecule has 3 heterocycles. The number of aromatic amines is 2. The number of aliphatic hydroxyl groups is 1. The molecule has 1 aliphatic heterocycles. The Morgan fingerprint density at radius 1 is 0.958 bits per heavy atom. The van der Waals surface area contributed by atoms with Gasteiger partial charge in [-0.3, -0.25) is 28.7 Å². The molecular formula is C47H55N9O14S2. The molecular weight excluding hydrogens is 979 g/mol. The number of likely N-dealkylation sites (N-methyl/N-ethyl adjacent to an activating group) is 1. The second-order valence-corrected chi connectivity index (χ2v) is 19.4. The average Bonchev–Trinajstić information content (AvgIpc) is 3.94. The van der Waals surface area contributed by atoms with E-state index in [-0.39, 0.29) is 42.1 Å². The van der Waals surface area contributed by atoms with Crippen LogP contribution in [0.5, 0.6) is 11.5 Å². The number of nitrogens with zero attached hydrogens (tertiary/aromatic N) is 2. The fourth-order valence-electron chi connectivity index (χ4n) is 7.81. The second kappa shape index (κ2) is 24.0. The number of aliphatic carboxylic acids is 1. The summed E-state index contributed by atoms with van der Waals surface area (Å²) in [7, 11) is -1.75. The molecule has 1 aliphatic rings.